The van der Waals surface area contributed by atoms with Crippen molar-refractivity contribution in [3.05, 3.63) is 17.8 Å². The number of hydrogen-bond acceptors (Lipinski definition) is 4. The molecule has 0 atom stereocenters. The minimum Gasteiger partial charge on any atom is -0.353 e. The van der Waals surface area contributed by atoms with Gasteiger partial charge in [-0.15, -0.1) is 22.9 Å². The van der Waals surface area contributed by atoms with Crippen LogP contribution in [0.4, 0.5) is 5.82 Å². The molecule has 0 aliphatic heterocycles. The van der Waals surface area contributed by atoms with E-state index in [1.54, 1.807) is 17.7 Å². The molecule has 3 nitrogen and oxygen atoms in total. The van der Waals surface area contributed by atoms with Crippen LogP contribution in [-0.2, 0) is 0 Å². The van der Waals surface area contributed by atoms with Gasteiger partial charge in [-0.25, -0.2) is 9.97 Å². The Hall–Kier alpha value is -0.870. The molecule has 0 aromatic carbocycles. The Kier molecular flexibility index (Phi) is 3.04. The molecule has 0 radical (unpaired) electrons. The average Bonchev–Trinajstić information content (AvgIpc) is 2.75. The number of thiophene rings is 1. The first-order chi connectivity index (χ1) is 7.56. The fourth-order valence-electron chi connectivity index (χ4n) is 1.42. The van der Waals surface area contributed by atoms with Crippen LogP contribution in [0.25, 0.3) is 10.2 Å². The smallest absolute Gasteiger partial charge is 0.140 e. The van der Waals surface area contributed by atoms with Gasteiger partial charge in [-0.2, -0.15) is 0 Å². The number of halogens is 1. The Morgan fingerprint density at radius 1 is 1.44 bits per heavy atom. The molecule has 5 heteroatoms. The standard InChI is InChI=1S/C11H14ClN3S/c1-11(2,6-12)15(3)9-8-4-5-16-10(8)14-7-13-9/h4-5,7H,6H2,1-3H3. The minimum absolute atomic E-state index is 0.120. The van der Waals surface area contributed by atoms with E-state index in [1.165, 1.54) is 0 Å². The zero-order valence-electron chi connectivity index (χ0n) is 9.57. The van der Waals surface area contributed by atoms with Crippen molar-refractivity contribution in [2.24, 2.45) is 0 Å². The van der Waals surface area contributed by atoms with Gasteiger partial charge in [0.15, 0.2) is 0 Å². The summed E-state index contributed by atoms with van der Waals surface area (Å²) in [6, 6.07) is 2.05. The van der Waals surface area contributed by atoms with E-state index in [2.05, 4.69) is 34.8 Å². The molecule has 0 aliphatic rings. The molecule has 0 aliphatic carbocycles. The van der Waals surface area contributed by atoms with Crippen LogP contribution in [0.5, 0.6) is 0 Å². The van der Waals surface area contributed by atoms with Crippen molar-refractivity contribution in [3.8, 4) is 0 Å². The van der Waals surface area contributed by atoms with E-state index in [0.717, 1.165) is 16.0 Å². The monoisotopic (exact) mass is 255 g/mol. The highest BCUT2D eigenvalue weighted by Gasteiger charge is 2.25. The van der Waals surface area contributed by atoms with Crippen molar-refractivity contribution in [1.29, 1.82) is 0 Å². The summed E-state index contributed by atoms with van der Waals surface area (Å²) in [5.41, 5.74) is -0.120. The summed E-state index contributed by atoms with van der Waals surface area (Å²) < 4.78 is 0. The Bertz CT molecular complexity index is 495. The molecular formula is C11H14ClN3S. The van der Waals surface area contributed by atoms with Crippen LogP contribution >= 0.6 is 22.9 Å². The third-order valence-electron chi connectivity index (χ3n) is 2.79. The van der Waals surface area contributed by atoms with E-state index in [0.29, 0.717) is 5.88 Å². The highest BCUT2D eigenvalue weighted by atomic mass is 35.5. The third-order valence-corrected chi connectivity index (χ3v) is 4.27. The molecule has 0 saturated carbocycles. The molecule has 0 N–H and O–H groups in total. The van der Waals surface area contributed by atoms with Gasteiger partial charge in [0.25, 0.3) is 0 Å². The van der Waals surface area contributed by atoms with Gasteiger partial charge in [-0.1, -0.05) is 0 Å². The number of rotatable bonds is 3. The van der Waals surface area contributed by atoms with Crippen LogP contribution in [0.2, 0.25) is 0 Å². The van der Waals surface area contributed by atoms with Crippen molar-refractivity contribution in [2.75, 3.05) is 17.8 Å². The molecule has 2 aromatic rings. The largest absolute Gasteiger partial charge is 0.353 e. The molecule has 0 unspecified atom stereocenters. The first kappa shape index (κ1) is 11.6. The molecular weight excluding hydrogens is 242 g/mol. The van der Waals surface area contributed by atoms with Crippen molar-refractivity contribution in [3.63, 3.8) is 0 Å². The number of nitrogens with zero attached hydrogens (tertiary/aromatic N) is 3. The van der Waals surface area contributed by atoms with Crippen molar-refractivity contribution in [1.82, 2.24) is 9.97 Å². The van der Waals surface area contributed by atoms with Crippen LogP contribution in [0.1, 0.15) is 13.8 Å². The van der Waals surface area contributed by atoms with Gasteiger partial charge in [-0.3, -0.25) is 0 Å². The van der Waals surface area contributed by atoms with E-state index < -0.39 is 0 Å². The lowest BCUT2D eigenvalue weighted by molar-refractivity contribution is 0.541. The molecule has 2 aromatic heterocycles. The van der Waals surface area contributed by atoms with Gasteiger partial charge in [0.2, 0.25) is 0 Å². The molecule has 0 bridgehead atoms. The van der Waals surface area contributed by atoms with Gasteiger partial charge in [0.1, 0.15) is 17.0 Å². The lowest BCUT2D eigenvalue weighted by atomic mass is 10.1. The Balaban J connectivity index is 2.51. The zero-order valence-corrected chi connectivity index (χ0v) is 11.1. The topological polar surface area (TPSA) is 29.0 Å². The number of aromatic nitrogens is 2. The molecule has 2 rings (SSSR count). The highest BCUT2D eigenvalue weighted by molar-refractivity contribution is 7.16. The fraction of sp³-hybridized carbons (Fsp3) is 0.455. The maximum Gasteiger partial charge on any atom is 0.140 e. The van der Waals surface area contributed by atoms with Crippen molar-refractivity contribution >= 4 is 39.0 Å². The maximum atomic E-state index is 5.98. The van der Waals surface area contributed by atoms with Crippen molar-refractivity contribution < 1.29 is 0 Å². The number of alkyl halides is 1. The lowest BCUT2D eigenvalue weighted by Crippen LogP contribution is -2.43. The predicted molar refractivity (Wildman–Crippen MR) is 70.6 cm³/mol. The molecule has 86 valence electrons. The summed E-state index contributed by atoms with van der Waals surface area (Å²) in [5, 5.41) is 3.12. The van der Waals surface area contributed by atoms with E-state index >= 15 is 0 Å². The highest BCUT2D eigenvalue weighted by Crippen LogP contribution is 2.30. The van der Waals surface area contributed by atoms with Gasteiger partial charge >= 0.3 is 0 Å². The van der Waals surface area contributed by atoms with E-state index in [1.807, 2.05) is 12.4 Å². The summed E-state index contributed by atoms with van der Waals surface area (Å²) in [6.45, 7) is 4.20. The van der Waals surface area contributed by atoms with Crippen LogP contribution in [0.15, 0.2) is 17.8 Å². The van der Waals surface area contributed by atoms with E-state index in [4.69, 9.17) is 11.6 Å². The lowest BCUT2D eigenvalue weighted by Gasteiger charge is -2.35. The van der Waals surface area contributed by atoms with Crippen LogP contribution in [0.3, 0.4) is 0 Å². The zero-order chi connectivity index (χ0) is 11.8. The second-order valence-corrected chi connectivity index (χ2v) is 5.50. The second-order valence-electron chi connectivity index (χ2n) is 4.34. The first-order valence-corrected chi connectivity index (χ1v) is 6.45. The number of anilines is 1. The summed E-state index contributed by atoms with van der Waals surface area (Å²) >= 11 is 7.61. The van der Waals surface area contributed by atoms with Crippen molar-refractivity contribution in [2.45, 2.75) is 19.4 Å². The summed E-state index contributed by atoms with van der Waals surface area (Å²) in [7, 11) is 2.02. The quantitative estimate of drug-likeness (QED) is 0.789. The van der Waals surface area contributed by atoms with Gasteiger partial charge < -0.3 is 4.90 Å². The number of hydrogen-bond donors (Lipinski definition) is 0. The van der Waals surface area contributed by atoms with E-state index in [-0.39, 0.29) is 5.54 Å². The third kappa shape index (κ3) is 1.87. The molecule has 0 saturated heterocycles. The Morgan fingerprint density at radius 3 is 2.88 bits per heavy atom. The van der Waals surface area contributed by atoms with Gasteiger partial charge in [-0.05, 0) is 25.3 Å². The average molecular weight is 256 g/mol. The van der Waals surface area contributed by atoms with E-state index in [9.17, 15) is 0 Å². The molecule has 0 spiro atoms. The normalized spacial score (nSPS) is 12.0. The SMILES string of the molecule is CN(c1ncnc2sccc12)C(C)(C)CCl. The predicted octanol–water partition coefficient (Wildman–Crippen LogP) is 3.14. The summed E-state index contributed by atoms with van der Waals surface area (Å²) in [6.07, 6.45) is 1.61. The second kappa shape index (κ2) is 4.18. The summed E-state index contributed by atoms with van der Waals surface area (Å²) in [5.74, 6) is 1.50. The maximum absolute atomic E-state index is 5.98. The van der Waals surface area contributed by atoms with Crippen LogP contribution in [0, 0.1) is 0 Å². The summed E-state index contributed by atoms with van der Waals surface area (Å²) in [4.78, 5) is 11.7. The fourth-order valence-corrected chi connectivity index (χ4v) is 2.33. The van der Waals surface area contributed by atoms with Crippen LogP contribution < -0.4 is 4.90 Å². The van der Waals surface area contributed by atoms with Gasteiger partial charge in [0.05, 0.1) is 5.39 Å². The number of fused-ring (bicyclic) bond motifs is 1. The molecule has 0 fully saturated rings. The van der Waals surface area contributed by atoms with Gasteiger partial charge in [0, 0.05) is 18.5 Å². The Labute approximate surface area is 104 Å². The Morgan fingerprint density at radius 2 is 2.19 bits per heavy atom. The first-order valence-electron chi connectivity index (χ1n) is 5.04. The molecule has 2 heterocycles. The molecule has 16 heavy (non-hydrogen) atoms. The molecule has 0 amide bonds. The minimum atomic E-state index is -0.120. The van der Waals surface area contributed by atoms with Crippen LogP contribution in [-0.4, -0.2) is 28.4 Å².